The number of aryl methyl sites for hydroxylation is 1. The highest BCUT2D eigenvalue weighted by atomic mass is 79.9. The number of carboxylic acid groups (broad SMARTS) is 1. The molecule has 0 saturated carbocycles. The van der Waals surface area contributed by atoms with Gasteiger partial charge < -0.3 is 5.11 Å². The van der Waals surface area contributed by atoms with Crippen molar-refractivity contribution >= 4 is 37.6 Å². The first-order chi connectivity index (χ1) is 9.81. The van der Waals surface area contributed by atoms with Gasteiger partial charge in [0.15, 0.2) is 0 Å². The molecule has 0 radical (unpaired) electrons. The van der Waals surface area contributed by atoms with Gasteiger partial charge in [0.05, 0.1) is 16.1 Å². The van der Waals surface area contributed by atoms with Crippen molar-refractivity contribution in [1.82, 2.24) is 0 Å². The lowest BCUT2D eigenvalue weighted by Gasteiger charge is -2.12. The van der Waals surface area contributed by atoms with E-state index in [4.69, 9.17) is 5.11 Å². The van der Waals surface area contributed by atoms with Gasteiger partial charge >= 0.3 is 5.97 Å². The maximum absolute atomic E-state index is 12.4. The van der Waals surface area contributed by atoms with Crippen LogP contribution in [0, 0.1) is 6.92 Å². The molecule has 5 nitrogen and oxygen atoms in total. The average Bonchev–Trinajstić information content (AvgIpc) is 2.41. The Kier molecular flexibility index (Phi) is 4.34. The van der Waals surface area contributed by atoms with Crippen LogP contribution in [0.4, 0.5) is 5.69 Å². The predicted molar refractivity (Wildman–Crippen MR) is 83.1 cm³/mol. The fourth-order valence-electron chi connectivity index (χ4n) is 1.79. The first-order valence-electron chi connectivity index (χ1n) is 5.92. The molecule has 0 aliphatic rings. The summed E-state index contributed by atoms with van der Waals surface area (Å²) < 4.78 is 27.6. The minimum absolute atomic E-state index is 0.000633. The predicted octanol–water partition coefficient (Wildman–Crippen LogP) is 3.26. The van der Waals surface area contributed by atoms with Gasteiger partial charge in [-0.3, -0.25) is 4.72 Å². The smallest absolute Gasteiger partial charge is 0.335 e. The van der Waals surface area contributed by atoms with Gasteiger partial charge in [-0.15, -0.1) is 0 Å². The van der Waals surface area contributed by atoms with E-state index in [1.807, 2.05) is 0 Å². The van der Waals surface area contributed by atoms with Crippen LogP contribution < -0.4 is 4.72 Å². The summed E-state index contributed by atoms with van der Waals surface area (Å²) in [6.45, 7) is 1.69. The zero-order valence-electron chi connectivity index (χ0n) is 11.0. The third kappa shape index (κ3) is 3.43. The van der Waals surface area contributed by atoms with E-state index in [0.29, 0.717) is 10.0 Å². The lowest BCUT2D eigenvalue weighted by atomic mass is 10.2. The highest BCUT2D eigenvalue weighted by Crippen LogP contribution is 2.27. The van der Waals surface area contributed by atoms with Gasteiger partial charge in [-0.2, -0.15) is 0 Å². The highest BCUT2D eigenvalue weighted by Gasteiger charge is 2.18. The molecule has 2 N–H and O–H groups in total. The first-order valence-corrected chi connectivity index (χ1v) is 8.20. The fourth-order valence-corrected chi connectivity index (χ4v) is 3.59. The summed E-state index contributed by atoms with van der Waals surface area (Å²) >= 11 is 3.20. The Labute approximate surface area is 130 Å². The molecule has 2 rings (SSSR count). The van der Waals surface area contributed by atoms with Crippen LogP contribution in [0.1, 0.15) is 15.9 Å². The Balaban J connectivity index is 2.44. The summed E-state index contributed by atoms with van der Waals surface area (Å²) in [4.78, 5) is 11.1. The summed E-state index contributed by atoms with van der Waals surface area (Å²) in [6.07, 6.45) is 0. The molecule has 0 heterocycles. The van der Waals surface area contributed by atoms with Crippen LogP contribution in [0.2, 0.25) is 0 Å². The number of hydrogen-bond acceptors (Lipinski definition) is 3. The second-order valence-corrected chi connectivity index (χ2v) is 6.88. The van der Waals surface area contributed by atoms with Crippen LogP contribution in [0.15, 0.2) is 51.8 Å². The van der Waals surface area contributed by atoms with Crippen molar-refractivity contribution in [1.29, 1.82) is 0 Å². The van der Waals surface area contributed by atoms with Crippen molar-refractivity contribution in [3.05, 3.63) is 58.1 Å². The van der Waals surface area contributed by atoms with E-state index in [1.165, 1.54) is 24.3 Å². The normalized spacial score (nSPS) is 11.1. The molecular weight excluding hydrogens is 358 g/mol. The molecule has 0 aliphatic heterocycles. The van der Waals surface area contributed by atoms with Crippen molar-refractivity contribution in [3.8, 4) is 0 Å². The SMILES string of the molecule is Cc1ccccc1S(=O)(=O)Nc1cc(C(=O)O)ccc1Br. The van der Waals surface area contributed by atoms with Crippen LogP contribution in [0.5, 0.6) is 0 Å². The maximum atomic E-state index is 12.4. The second kappa shape index (κ2) is 5.87. The Morgan fingerprint density at radius 1 is 1.19 bits per heavy atom. The molecule has 2 aromatic rings. The molecule has 0 atom stereocenters. The lowest BCUT2D eigenvalue weighted by Crippen LogP contribution is -2.15. The van der Waals surface area contributed by atoms with Gasteiger partial charge in [-0.25, -0.2) is 13.2 Å². The number of aromatic carboxylic acids is 1. The number of hydrogen-bond donors (Lipinski definition) is 2. The third-order valence-corrected chi connectivity index (χ3v) is 5.06. The number of sulfonamides is 1. The molecule has 0 amide bonds. The van der Waals surface area contributed by atoms with Crippen LogP contribution >= 0.6 is 15.9 Å². The number of rotatable bonds is 4. The number of nitrogens with one attached hydrogen (secondary N) is 1. The Bertz CT molecular complexity index is 802. The Hall–Kier alpha value is -1.86. The number of carbonyl (C=O) groups is 1. The standard InChI is InChI=1S/C14H12BrNO4S/c1-9-4-2-3-5-13(9)21(19,20)16-12-8-10(14(17)18)6-7-11(12)15/h2-8,16H,1H3,(H,17,18). The molecule has 21 heavy (non-hydrogen) atoms. The summed E-state index contributed by atoms with van der Waals surface area (Å²) in [6, 6.07) is 10.7. The van der Waals surface area contributed by atoms with Crippen LogP contribution in [0.3, 0.4) is 0 Å². The molecule has 7 heteroatoms. The molecule has 2 aromatic carbocycles. The zero-order chi connectivity index (χ0) is 15.6. The van der Waals surface area contributed by atoms with Crippen LogP contribution in [-0.2, 0) is 10.0 Å². The number of benzene rings is 2. The number of anilines is 1. The topological polar surface area (TPSA) is 83.5 Å². The lowest BCUT2D eigenvalue weighted by molar-refractivity contribution is 0.0697. The molecule has 0 unspecified atom stereocenters. The summed E-state index contributed by atoms with van der Waals surface area (Å²) in [5.74, 6) is -1.13. The van der Waals surface area contributed by atoms with E-state index in [2.05, 4.69) is 20.7 Å². The molecule has 110 valence electrons. The Morgan fingerprint density at radius 2 is 1.86 bits per heavy atom. The second-order valence-electron chi connectivity index (χ2n) is 4.37. The van der Waals surface area contributed by atoms with E-state index in [1.54, 1.807) is 25.1 Å². The summed E-state index contributed by atoms with van der Waals surface area (Å²) in [5.41, 5.74) is 0.786. The van der Waals surface area contributed by atoms with Gasteiger partial charge in [0, 0.05) is 4.47 Å². The number of halogens is 1. The van der Waals surface area contributed by atoms with Crippen LogP contribution in [0.25, 0.3) is 0 Å². The Morgan fingerprint density at radius 3 is 2.48 bits per heavy atom. The van der Waals surface area contributed by atoms with Gasteiger partial charge in [0.2, 0.25) is 0 Å². The van der Waals surface area contributed by atoms with E-state index in [9.17, 15) is 13.2 Å². The van der Waals surface area contributed by atoms with E-state index in [0.717, 1.165) is 0 Å². The van der Waals surface area contributed by atoms with Crippen molar-refractivity contribution in [2.45, 2.75) is 11.8 Å². The molecule has 0 aromatic heterocycles. The van der Waals surface area contributed by atoms with Crippen molar-refractivity contribution in [2.75, 3.05) is 4.72 Å². The molecule has 0 saturated heterocycles. The fraction of sp³-hybridized carbons (Fsp3) is 0.0714. The molecule has 0 fully saturated rings. The van der Waals surface area contributed by atoms with Crippen molar-refractivity contribution in [2.24, 2.45) is 0 Å². The highest BCUT2D eigenvalue weighted by molar-refractivity contribution is 9.10. The molecule has 0 bridgehead atoms. The largest absolute Gasteiger partial charge is 0.478 e. The summed E-state index contributed by atoms with van der Waals surface area (Å²) in [7, 11) is -3.78. The minimum Gasteiger partial charge on any atom is -0.478 e. The monoisotopic (exact) mass is 369 g/mol. The molecular formula is C14H12BrNO4S. The molecule has 0 aliphatic carbocycles. The third-order valence-electron chi connectivity index (χ3n) is 2.84. The van der Waals surface area contributed by atoms with Gasteiger partial charge in [-0.05, 0) is 52.7 Å². The van der Waals surface area contributed by atoms with Crippen molar-refractivity contribution in [3.63, 3.8) is 0 Å². The van der Waals surface area contributed by atoms with Gasteiger partial charge in [0.1, 0.15) is 0 Å². The average molecular weight is 370 g/mol. The quantitative estimate of drug-likeness (QED) is 0.866. The van der Waals surface area contributed by atoms with E-state index >= 15 is 0 Å². The van der Waals surface area contributed by atoms with E-state index < -0.39 is 16.0 Å². The molecule has 0 spiro atoms. The van der Waals surface area contributed by atoms with Crippen molar-refractivity contribution < 1.29 is 18.3 Å². The zero-order valence-corrected chi connectivity index (χ0v) is 13.4. The van der Waals surface area contributed by atoms with Crippen LogP contribution in [-0.4, -0.2) is 19.5 Å². The minimum atomic E-state index is -3.78. The van der Waals surface area contributed by atoms with Gasteiger partial charge in [0.25, 0.3) is 10.0 Å². The van der Waals surface area contributed by atoms with E-state index in [-0.39, 0.29) is 16.1 Å². The maximum Gasteiger partial charge on any atom is 0.335 e. The number of carboxylic acids is 1. The van der Waals surface area contributed by atoms with Gasteiger partial charge in [-0.1, -0.05) is 18.2 Å². The summed E-state index contributed by atoms with van der Waals surface area (Å²) in [5, 5.41) is 8.97. The first kappa shape index (κ1) is 15.5.